The highest BCUT2D eigenvalue weighted by molar-refractivity contribution is 5.76. The van der Waals surface area contributed by atoms with Crippen LogP contribution in [0.5, 0.6) is 0 Å². The average Bonchev–Trinajstić information content (AvgIpc) is 3.35. The number of aliphatic hydroxyl groups excluding tert-OH is 2. The Morgan fingerprint density at radius 3 is 0.957 bits per heavy atom. The molecule has 4 heteroatoms. The van der Waals surface area contributed by atoms with Gasteiger partial charge in [0.15, 0.2) is 0 Å². The number of unbranched alkanes of at least 4 members (excludes halogenated alkanes) is 30. The van der Waals surface area contributed by atoms with E-state index < -0.39 is 12.1 Å². The summed E-state index contributed by atoms with van der Waals surface area (Å²) in [6.07, 6.45) is 89.7. The molecule has 0 bridgehead atoms. The fraction of sp³-hybridized carbons (Fsp3) is 0.708. The molecule has 1 amide bonds. The van der Waals surface area contributed by atoms with Gasteiger partial charge >= 0.3 is 0 Å². The van der Waals surface area contributed by atoms with Crippen molar-refractivity contribution in [1.82, 2.24) is 5.32 Å². The molecule has 0 saturated carbocycles. The third kappa shape index (κ3) is 55.8. The van der Waals surface area contributed by atoms with Crippen LogP contribution in [0.4, 0.5) is 0 Å². The molecule has 0 aliphatic heterocycles. The Morgan fingerprint density at radius 1 is 0.362 bits per heavy atom. The van der Waals surface area contributed by atoms with E-state index in [9.17, 15) is 15.0 Å². The van der Waals surface area contributed by atoms with Gasteiger partial charge < -0.3 is 15.5 Å². The van der Waals surface area contributed by atoms with Crippen molar-refractivity contribution in [2.24, 2.45) is 0 Å². The molecular weight excluding hydrogens is 843 g/mol. The highest BCUT2D eigenvalue weighted by Gasteiger charge is 2.18. The summed E-state index contributed by atoms with van der Waals surface area (Å²) in [5.41, 5.74) is 0. The van der Waals surface area contributed by atoms with Crippen molar-refractivity contribution in [2.75, 3.05) is 6.61 Å². The Hall–Kier alpha value is -2.95. The average molecular weight is 957 g/mol. The van der Waals surface area contributed by atoms with Gasteiger partial charge in [-0.15, -0.1) is 0 Å². The van der Waals surface area contributed by atoms with Crippen LogP contribution >= 0.6 is 0 Å². The number of hydrogen-bond acceptors (Lipinski definition) is 3. The van der Waals surface area contributed by atoms with E-state index in [4.69, 9.17) is 0 Å². The Morgan fingerprint density at radius 2 is 0.638 bits per heavy atom. The van der Waals surface area contributed by atoms with Gasteiger partial charge in [-0.3, -0.25) is 4.79 Å². The van der Waals surface area contributed by atoms with Crippen LogP contribution in [0.3, 0.4) is 0 Å². The van der Waals surface area contributed by atoms with Gasteiger partial charge in [0.2, 0.25) is 5.91 Å². The Balaban J connectivity index is 3.52. The second-order valence-corrected chi connectivity index (χ2v) is 19.7. The molecule has 2 atom stereocenters. The largest absolute Gasteiger partial charge is 0.394 e. The number of carbonyl (C=O) groups is 1. The maximum absolute atomic E-state index is 12.5. The number of rotatable bonds is 53. The first-order chi connectivity index (χ1) is 34.2. The van der Waals surface area contributed by atoms with E-state index in [2.05, 4.69) is 116 Å². The monoisotopic (exact) mass is 956 g/mol. The standard InChI is InChI=1S/C65H113NO3/c1-3-5-7-9-11-13-15-17-19-21-22-23-24-25-26-27-28-29-30-31-32-33-34-35-36-37-38-39-40-41-42-43-44-45-47-49-51-53-55-57-59-61-65(69)66-63(62-67)64(68)60-58-56-54-52-50-48-46-20-18-16-14-12-10-8-6-4-2/h5,7,11,13,17,19,22-23,25-26,28-29,31-32,34-35,58,60,63-64,67-68H,3-4,6,8-10,12,14-16,18,20-21,24,27,30,33,36-57,59,61-62H2,1-2H3,(H,66,69)/b7-5-,13-11-,19-17-,23-22-,26-25-,29-28-,32-31-,35-34-,60-58+. The smallest absolute Gasteiger partial charge is 0.220 e. The van der Waals surface area contributed by atoms with Crippen molar-refractivity contribution in [2.45, 2.75) is 289 Å². The molecule has 0 spiro atoms. The lowest BCUT2D eigenvalue weighted by atomic mass is 10.0. The van der Waals surface area contributed by atoms with Crippen molar-refractivity contribution in [3.8, 4) is 0 Å². The molecule has 2 unspecified atom stereocenters. The fourth-order valence-electron chi connectivity index (χ4n) is 8.55. The van der Waals surface area contributed by atoms with Crippen LogP contribution in [0.1, 0.15) is 277 Å². The van der Waals surface area contributed by atoms with Gasteiger partial charge in [-0.1, -0.05) is 297 Å². The summed E-state index contributed by atoms with van der Waals surface area (Å²) in [6, 6.07) is -0.626. The molecule has 0 aromatic rings. The number of aliphatic hydroxyl groups is 2. The first-order valence-corrected chi connectivity index (χ1v) is 29.6. The third-order valence-electron chi connectivity index (χ3n) is 13.0. The molecule has 396 valence electrons. The lowest BCUT2D eigenvalue weighted by Gasteiger charge is -2.20. The van der Waals surface area contributed by atoms with Gasteiger partial charge in [-0.05, 0) is 83.5 Å². The highest BCUT2D eigenvalue weighted by atomic mass is 16.3. The summed E-state index contributed by atoms with van der Waals surface area (Å²) in [5.74, 6) is -0.0651. The highest BCUT2D eigenvalue weighted by Crippen LogP contribution is 2.16. The first-order valence-electron chi connectivity index (χ1n) is 29.6. The van der Waals surface area contributed by atoms with Crippen molar-refractivity contribution in [3.63, 3.8) is 0 Å². The number of allylic oxidation sites excluding steroid dienone is 17. The summed E-state index contributed by atoms with van der Waals surface area (Å²) in [6.45, 7) is 4.20. The number of amides is 1. The summed E-state index contributed by atoms with van der Waals surface area (Å²) in [5, 5.41) is 23.1. The minimum Gasteiger partial charge on any atom is -0.394 e. The van der Waals surface area contributed by atoms with Crippen molar-refractivity contribution in [3.05, 3.63) is 109 Å². The number of hydrogen-bond donors (Lipinski definition) is 3. The molecular formula is C65H113NO3. The van der Waals surface area contributed by atoms with Crippen LogP contribution < -0.4 is 5.32 Å². The maximum atomic E-state index is 12.5. The zero-order valence-electron chi connectivity index (χ0n) is 45.5. The Bertz CT molecular complexity index is 1310. The summed E-state index contributed by atoms with van der Waals surface area (Å²) in [7, 11) is 0. The molecule has 0 aliphatic carbocycles. The first kappa shape index (κ1) is 66.0. The summed E-state index contributed by atoms with van der Waals surface area (Å²) in [4.78, 5) is 12.5. The van der Waals surface area contributed by atoms with Gasteiger partial charge in [0.25, 0.3) is 0 Å². The van der Waals surface area contributed by atoms with Crippen LogP contribution in [0, 0.1) is 0 Å². The lowest BCUT2D eigenvalue weighted by Crippen LogP contribution is -2.45. The third-order valence-corrected chi connectivity index (χ3v) is 13.0. The minimum absolute atomic E-state index is 0.0651. The van der Waals surface area contributed by atoms with Crippen molar-refractivity contribution >= 4 is 5.91 Å². The SMILES string of the molecule is CC/C=C\C/C=C\C/C=C\C/C=C\C/C=C\C/C=C\C/C=C\C/C=C\CCCCCCCCCCCCCCCCCCC(=O)NC(CO)C(O)/C=C/CCCCCCCCCCCCCCCC. The Kier molecular flexibility index (Phi) is 56.8. The molecule has 0 fully saturated rings. The van der Waals surface area contributed by atoms with Gasteiger partial charge in [-0.2, -0.15) is 0 Å². The molecule has 0 aromatic heterocycles. The molecule has 0 rings (SSSR count). The molecule has 4 nitrogen and oxygen atoms in total. The number of nitrogens with one attached hydrogen (secondary N) is 1. The van der Waals surface area contributed by atoms with Crippen molar-refractivity contribution < 1.29 is 15.0 Å². The Labute approximate surface area is 429 Å². The molecule has 3 N–H and O–H groups in total. The topological polar surface area (TPSA) is 69.6 Å². The van der Waals surface area contributed by atoms with E-state index in [0.29, 0.717) is 6.42 Å². The second-order valence-electron chi connectivity index (χ2n) is 19.7. The quantitative estimate of drug-likeness (QED) is 0.0420. The predicted octanol–water partition coefficient (Wildman–Crippen LogP) is 19.9. The maximum Gasteiger partial charge on any atom is 0.220 e. The van der Waals surface area contributed by atoms with Gasteiger partial charge in [0.1, 0.15) is 0 Å². The fourth-order valence-corrected chi connectivity index (χ4v) is 8.55. The van der Waals surface area contributed by atoms with Crippen LogP contribution in [0.25, 0.3) is 0 Å². The van der Waals surface area contributed by atoms with E-state index in [1.807, 2.05) is 6.08 Å². The van der Waals surface area contributed by atoms with E-state index in [1.165, 1.54) is 180 Å². The molecule has 0 heterocycles. The van der Waals surface area contributed by atoms with Gasteiger partial charge in [0, 0.05) is 6.42 Å². The summed E-state index contributed by atoms with van der Waals surface area (Å²) >= 11 is 0. The molecule has 69 heavy (non-hydrogen) atoms. The van der Waals surface area contributed by atoms with Crippen LogP contribution in [-0.4, -0.2) is 34.9 Å². The molecule has 0 saturated heterocycles. The van der Waals surface area contributed by atoms with Crippen LogP contribution in [-0.2, 0) is 4.79 Å². The normalized spacial score (nSPS) is 13.6. The molecule has 0 aliphatic rings. The molecule has 0 radical (unpaired) electrons. The van der Waals surface area contributed by atoms with Gasteiger partial charge in [0.05, 0.1) is 18.8 Å². The minimum atomic E-state index is -0.843. The second kappa shape index (κ2) is 59.4. The van der Waals surface area contributed by atoms with Gasteiger partial charge in [-0.25, -0.2) is 0 Å². The van der Waals surface area contributed by atoms with Crippen LogP contribution in [0.15, 0.2) is 109 Å². The lowest BCUT2D eigenvalue weighted by molar-refractivity contribution is -0.123. The zero-order chi connectivity index (χ0) is 49.9. The predicted molar refractivity (Wildman–Crippen MR) is 308 cm³/mol. The van der Waals surface area contributed by atoms with Crippen molar-refractivity contribution in [1.29, 1.82) is 0 Å². The van der Waals surface area contributed by atoms with E-state index in [0.717, 1.165) is 77.0 Å². The van der Waals surface area contributed by atoms with E-state index in [-0.39, 0.29) is 12.5 Å². The van der Waals surface area contributed by atoms with Crippen LogP contribution in [0.2, 0.25) is 0 Å². The molecule has 0 aromatic carbocycles. The number of carbonyl (C=O) groups excluding carboxylic acids is 1. The van der Waals surface area contributed by atoms with E-state index in [1.54, 1.807) is 6.08 Å². The van der Waals surface area contributed by atoms with E-state index >= 15 is 0 Å². The zero-order valence-corrected chi connectivity index (χ0v) is 45.5. The summed E-state index contributed by atoms with van der Waals surface area (Å²) < 4.78 is 0.